The van der Waals surface area contributed by atoms with Gasteiger partial charge in [0, 0.05) is 0 Å². The lowest BCUT2D eigenvalue weighted by Crippen LogP contribution is -2.38. The molecule has 1 heterocycles. The van der Waals surface area contributed by atoms with Crippen molar-refractivity contribution in [1.82, 2.24) is 5.32 Å². The van der Waals surface area contributed by atoms with Crippen LogP contribution in [0.2, 0.25) is 0 Å². The molecule has 23 heavy (non-hydrogen) atoms. The van der Waals surface area contributed by atoms with Crippen LogP contribution in [0, 0.1) is 6.92 Å². The molecule has 1 aromatic rings. The first-order valence-electron chi connectivity index (χ1n) is 8.27. The predicted octanol–water partition coefficient (Wildman–Crippen LogP) is 3.03. The number of rotatable bonds is 7. The zero-order valence-corrected chi connectivity index (χ0v) is 13.8. The highest BCUT2D eigenvalue weighted by molar-refractivity contribution is 5.88. The van der Waals surface area contributed by atoms with Crippen molar-refractivity contribution in [2.75, 3.05) is 0 Å². The van der Waals surface area contributed by atoms with Crippen molar-refractivity contribution in [3.05, 3.63) is 23.2 Å². The van der Waals surface area contributed by atoms with Crippen LogP contribution < -0.4 is 5.32 Å². The van der Waals surface area contributed by atoms with Gasteiger partial charge in [0.15, 0.2) is 0 Å². The molecule has 6 nitrogen and oxygen atoms in total. The molecule has 1 unspecified atom stereocenters. The standard InChI is InChI=1S/C17H25NO5/c1-3-15(23-12-7-5-4-6-8-12)16(19)18-10-13-9-14(17(20)21)11(2)22-13/h9,12,15H,3-8,10H2,1-2H3,(H,18,19)(H,20,21). The van der Waals surface area contributed by atoms with Crippen molar-refractivity contribution < 1.29 is 23.8 Å². The molecule has 0 saturated heterocycles. The summed E-state index contributed by atoms with van der Waals surface area (Å²) in [6.07, 6.45) is 5.91. The third-order valence-corrected chi connectivity index (χ3v) is 4.21. The van der Waals surface area contributed by atoms with Crippen LogP contribution in [-0.4, -0.2) is 29.2 Å². The Balaban J connectivity index is 1.86. The first kappa shape index (κ1) is 17.5. The molecule has 1 amide bonds. The van der Waals surface area contributed by atoms with Gasteiger partial charge >= 0.3 is 5.97 Å². The summed E-state index contributed by atoms with van der Waals surface area (Å²) >= 11 is 0. The first-order chi connectivity index (χ1) is 11.0. The van der Waals surface area contributed by atoms with E-state index in [0.29, 0.717) is 17.9 Å². The van der Waals surface area contributed by atoms with E-state index in [2.05, 4.69) is 5.32 Å². The number of carboxylic acids is 1. The van der Waals surface area contributed by atoms with Crippen LogP contribution >= 0.6 is 0 Å². The Morgan fingerprint density at radius 3 is 2.65 bits per heavy atom. The minimum Gasteiger partial charge on any atom is -0.478 e. The predicted molar refractivity (Wildman–Crippen MR) is 84.3 cm³/mol. The maximum absolute atomic E-state index is 12.3. The molecule has 0 radical (unpaired) electrons. The van der Waals surface area contributed by atoms with E-state index in [4.69, 9.17) is 14.3 Å². The van der Waals surface area contributed by atoms with Crippen LogP contribution in [-0.2, 0) is 16.1 Å². The highest BCUT2D eigenvalue weighted by Gasteiger charge is 2.23. The molecule has 2 rings (SSSR count). The largest absolute Gasteiger partial charge is 0.478 e. The number of amides is 1. The van der Waals surface area contributed by atoms with Gasteiger partial charge in [-0.25, -0.2) is 4.79 Å². The minimum atomic E-state index is -1.03. The number of aryl methyl sites for hydroxylation is 1. The van der Waals surface area contributed by atoms with Crippen LogP contribution in [0.5, 0.6) is 0 Å². The van der Waals surface area contributed by atoms with Crippen molar-refractivity contribution in [2.45, 2.75) is 71.1 Å². The Morgan fingerprint density at radius 2 is 2.09 bits per heavy atom. The third kappa shape index (κ3) is 4.82. The van der Waals surface area contributed by atoms with Crippen molar-refractivity contribution in [1.29, 1.82) is 0 Å². The number of carbonyl (C=O) groups is 2. The van der Waals surface area contributed by atoms with Crippen molar-refractivity contribution in [3.8, 4) is 0 Å². The topological polar surface area (TPSA) is 88.8 Å². The first-order valence-corrected chi connectivity index (χ1v) is 8.27. The molecule has 1 aromatic heterocycles. The number of carboxylic acid groups (broad SMARTS) is 1. The van der Waals surface area contributed by atoms with E-state index in [1.54, 1.807) is 6.92 Å². The van der Waals surface area contributed by atoms with Gasteiger partial charge in [0.05, 0.1) is 12.6 Å². The average Bonchev–Trinajstić information content (AvgIpc) is 2.92. The Bertz CT molecular complexity index is 545. The Morgan fingerprint density at radius 1 is 1.39 bits per heavy atom. The summed E-state index contributed by atoms with van der Waals surface area (Å²) in [4.78, 5) is 23.2. The maximum Gasteiger partial charge on any atom is 0.339 e. The number of furan rings is 1. The third-order valence-electron chi connectivity index (χ3n) is 4.21. The lowest BCUT2D eigenvalue weighted by molar-refractivity contribution is -0.138. The zero-order valence-electron chi connectivity index (χ0n) is 13.8. The van der Waals surface area contributed by atoms with Gasteiger partial charge in [-0.05, 0) is 32.3 Å². The van der Waals surface area contributed by atoms with Crippen LogP contribution in [0.25, 0.3) is 0 Å². The van der Waals surface area contributed by atoms with Gasteiger partial charge in [0.25, 0.3) is 0 Å². The fourth-order valence-corrected chi connectivity index (χ4v) is 2.91. The van der Waals surface area contributed by atoms with E-state index in [0.717, 1.165) is 25.7 Å². The molecule has 0 bridgehead atoms. The maximum atomic E-state index is 12.3. The number of aromatic carboxylic acids is 1. The second-order valence-corrected chi connectivity index (χ2v) is 6.00. The normalized spacial score (nSPS) is 17.0. The smallest absolute Gasteiger partial charge is 0.339 e. The van der Waals surface area contributed by atoms with Gasteiger partial charge < -0.3 is 19.6 Å². The number of nitrogens with one attached hydrogen (secondary N) is 1. The Labute approximate surface area is 136 Å². The van der Waals surface area contributed by atoms with Gasteiger partial charge in [-0.2, -0.15) is 0 Å². The van der Waals surface area contributed by atoms with Crippen LogP contribution in [0.4, 0.5) is 0 Å². The SMILES string of the molecule is CCC(OC1CCCCC1)C(=O)NCc1cc(C(=O)O)c(C)o1. The van der Waals surface area contributed by atoms with Crippen LogP contribution in [0.3, 0.4) is 0 Å². The van der Waals surface area contributed by atoms with E-state index in [1.165, 1.54) is 12.5 Å². The molecular weight excluding hydrogens is 298 g/mol. The lowest BCUT2D eigenvalue weighted by atomic mass is 9.97. The van der Waals surface area contributed by atoms with E-state index < -0.39 is 12.1 Å². The van der Waals surface area contributed by atoms with E-state index in [-0.39, 0.29) is 24.1 Å². The fraction of sp³-hybridized carbons (Fsp3) is 0.647. The molecule has 6 heteroatoms. The van der Waals surface area contributed by atoms with Crippen molar-refractivity contribution in [3.63, 3.8) is 0 Å². The van der Waals surface area contributed by atoms with Crippen LogP contribution in [0.15, 0.2) is 10.5 Å². The number of carbonyl (C=O) groups excluding carboxylic acids is 1. The summed E-state index contributed by atoms with van der Waals surface area (Å²) in [6, 6.07) is 1.45. The molecule has 1 fully saturated rings. The molecule has 0 aromatic carbocycles. The number of ether oxygens (including phenoxy) is 1. The van der Waals surface area contributed by atoms with E-state index >= 15 is 0 Å². The van der Waals surface area contributed by atoms with Gasteiger partial charge in [0.2, 0.25) is 5.91 Å². The monoisotopic (exact) mass is 323 g/mol. The molecule has 0 spiro atoms. The van der Waals surface area contributed by atoms with Gasteiger partial charge in [-0.15, -0.1) is 0 Å². The molecule has 2 N–H and O–H groups in total. The van der Waals surface area contributed by atoms with Crippen LogP contribution in [0.1, 0.15) is 67.3 Å². The Hall–Kier alpha value is -1.82. The summed E-state index contributed by atoms with van der Waals surface area (Å²) in [7, 11) is 0. The zero-order chi connectivity index (χ0) is 16.8. The molecule has 1 saturated carbocycles. The number of hydrogen-bond donors (Lipinski definition) is 2. The second-order valence-electron chi connectivity index (χ2n) is 6.00. The summed E-state index contributed by atoms with van der Waals surface area (Å²) in [5, 5.41) is 11.8. The summed E-state index contributed by atoms with van der Waals surface area (Å²) < 4.78 is 11.3. The number of hydrogen-bond acceptors (Lipinski definition) is 4. The fourth-order valence-electron chi connectivity index (χ4n) is 2.91. The Kier molecular flexibility index (Phi) is 6.21. The quantitative estimate of drug-likeness (QED) is 0.805. The van der Waals surface area contributed by atoms with Crippen molar-refractivity contribution in [2.24, 2.45) is 0 Å². The molecule has 128 valence electrons. The molecule has 1 aliphatic carbocycles. The highest BCUT2D eigenvalue weighted by Crippen LogP contribution is 2.22. The minimum absolute atomic E-state index is 0.125. The van der Waals surface area contributed by atoms with E-state index in [9.17, 15) is 9.59 Å². The van der Waals surface area contributed by atoms with Gasteiger partial charge in [-0.3, -0.25) is 4.79 Å². The summed E-state index contributed by atoms with van der Waals surface area (Å²) in [5.74, 6) is -0.437. The van der Waals surface area contributed by atoms with E-state index in [1.807, 2.05) is 6.92 Å². The lowest BCUT2D eigenvalue weighted by Gasteiger charge is -2.26. The van der Waals surface area contributed by atoms with Gasteiger partial charge in [-0.1, -0.05) is 26.2 Å². The van der Waals surface area contributed by atoms with Crippen molar-refractivity contribution >= 4 is 11.9 Å². The highest BCUT2D eigenvalue weighted by atomic mass is 16.5. The van der Waals surface area contributed by atoms with Gasteiger partial charge in [0.1, 0.15) is 23.2 Å². The molecule has 1 atom stereocenters. The summed E-state index contributed by atoms with van der Waals surface area (Å²) in [5.41, 5.74) is 0.125. The average molecular weight is 323 g/mol. The second kappa shape index (κ2) is 8.15. The molecule has 0 aliphatic heterocycles. The molecule has 1 aliphatic rings. The summed E-state index contributed by atoms with van der Waals surface area (Å²) in [6.45, 7) is 3.68. The molecular formula is C17H25NO5.